The maximum Gasteiger partial charge on any atom is 0.238 e. The van der Waals surface area contributed by atoms with E-state index in [1.54, 1.807) is 21.0 Å². The van der Waals surface area contributed by atoms with E-state index in [9.17, 15) is 13.2 Å². The fourth-order valence-electron chi connectivity index (χ4n) is 1.32. The molecule has 0 aliphatic rings. The minimum atomic E-state index is -2.96. The molecular formula is C10H22N2O3S. The van der Waals surface area contributed by atoms with E-state index in [2.05, 4.69) is 5.32 Å². The van der Waals surface area contributed by atoms with Crippen LogP contribution in [0.3, 0.4) is 0 Å². The lowest BCUT2D eigenvalue weighted by Crippen LogP contribution is -2.43. The summed E-state index contributed by atoms with van der Waals surface area (Å²) in [6.07, 6.45) is 0.633. The van der Waals surface area contributed by atoms with E-state index in [1.807, 2.05) is 6.92 Å². The standard InChI is InChI=1S/C10H22N2O3S/c1-5-7-16(14,15)8-6-11-9(2)10(13)12(3)4/h9,11H,5-8H2,1-4H3. The van der Waals surface area contributed by atoms with E-state index in [0.717, 1.165) is 0 Å². The fourth-order valence-corrected chi connectivity index (χ4v) is 2.57. The van der Waals surface area contributed by atoms with Gasteiger partial charge in [-0.1, -0.05) is 6.92 Å². The molecule has 0 aromatic carbocycles. The van der Waals surface area contributed by atoms with Crippen LogP contribution >= 0.6 is 0 Å². The van der Waals surface area contributed by atoms with E-state index in [0.29, 0.717) is 13.0 Å². The maximum absolute atomic E-state index is 11.4. The van der Waals surface area contributed by atoms with Gasteiger partial charge in [0.1, 0.15) is 0 Å². The number of nitrogens with zero attached hydrogens (tertiary/aromatic N) is 1. The molecule has 0 saturated carbocycles. The summed E-state index contributed by atoms with van der Waals surface area (Å²) in [6.45, 7) is 3.89. The Bertz CT molecular complexity index is 312. The first-order valence-electron chi connectivity index (χ1n) is 5.45. The molecule has 0 aromatic heterocycles. The third-order valence-corrected chi connectivity index (χ3v) is 4.05. The molecule has 0 aliphatic carbocycles. The van der Waals surface area contributed by atoms with Crippen molar-refractivity contribution in [3.8, 4) is 0 Å². The summed E-state index contributed by atoms with van der Waals surface area (Å²) in [5, 5.41) is 2.91. The van der Waals surface area contributed by atoms with Crippen molar-refractivity contribution in [3.05, 3.63) is 0 Å². The Morgan fingerprint density at radius 2 is 1.88 bits per heavy atom. The molecule has 1 N–H and O–H groups in total. The van der Waals surface area contributed by atoms with Crippen molar-refractivity contribution in [2.45, 2.75) is 26.3 Å². The van der Waals surface area contributed by atoms with Gasteiger partial charge in [0.15, 0.2) is 9.84 Å². The lowest BCUT2D eigenvalue weighted by molar-refractivity contribution is -0.130. The summed E-state index contributed by atoms with van der Waals surface area (Å²) in [7, 11) is 0.389. The number of sulfone groups is 1. The van der Waals surface area contributed by atoms with E-state index in [4.69, 9.17) is 0 Å². The molecule has 0 heterocycles. The summed E-state index contributed by atoms with van der Waals surface area (Å²) < 4.78 is 22.8. The molecule has 0 radical (unpaired) electrons. The lowest BCUT2D eigenvalue weighted by Gasteiger charge is -2.17. The normalized spacial score (nSPS) is 13.5. The van der Waals surface area contributed by atoms with Crippen molar-refractivity contribution < 1.29 is 13.2 Å². The van der Waals surface area contributed by atoms with Crippen molar-refractivity contribution in [1.29, 1.82) is 0 Å². The summed E-state index contributed by atoms with van der Waals surface area (Å²) >= 11 is 0. The second-order valence-corrected chi connectivity index (χ2v) is 6.36. The zero-order valence-corrected chi connectivity index (χ0v) is 11.3. The Kier molecular flexibility index (Phi) is 6.59. The van der Waals surface area contributed by atoms with Gasteiger partial charge in [0.05, 0.1) is 11.8 Å². The van der Waals surface area contributed by atoms with Crippen LogP contribution in [0.4, 0.5) is 0 Å². The van der Waals surface area contributed by atoms with Crippen molar-refractivity contribution in [2.24, 2.45) is 0 Å². The number of carbonyl (C=O) groups is 1. The van der Waals surface area contributed by atoms with Gasteiger partial charge >= 0.3 is 0 Å². The number of amides is 1. The largest absolute Gasteiger partial charge is 0.347 e. The van der Waals surface area contributed by atoms with Crippen molar-refractivity contribution in [3.63, 3.8) is 0 Å². The van der Waals surface area contributed by atoms with Crippen LogP contribution in [0.1, 0.15) is 20.3 Å². The molecule has 0 saturated heterocycles. The summed E-state index contributed by atoms with van der Waals surface area (Å²) in [5.74, 6) is 0.254. The molecule has 6 heteroatoms. The van der Waals surface area contributed by atoms with E-state index in [1.165, 1.54) is 4.90 Å². The number of carbonyl (C=O) groups excluding carboxylic acids is 1. The molecule has 0 bridgehead atoms. The number of hydrogen-bond donors (Lipinski definition) is 1. The number of nitrogens with one attached hydrogen (secondary N) is 1. The Morgan fingerprint density at radius 3 is 2.31 bits per heavy atom. The highest BCUT2D eigenvalue weighted by atomic mass is 32.2. The lowest BCUT2D eigenvalue weighted by atomic mass is 10.3. The second kappa shape index (κ2) is 6.85. The Morgan fingerprint density at radius 1 is 1.31 bits per heavy atom. The monoisotopic (exact) mass is 250 g/mol. The van der Waals surface area contributed by atoms with Gasteiger partial charge in [-0.3, -0.25) is 4.79 Å². The molecular weight excluding hydrogens is 228 g/mol. The summed E-state index contributed by atoms with van der Waals surface area (Å²) in [4.78, 5) is 12.9. The first-order valence-corrected chi connectivity index (χ1v) is 7.27. The minimum absolute atomic E-state index is 0.0483. The Hall–Kier alpha value is -0.620. The molecule has 96 valence electrons. The molecule has 16 heavy (non-hydrogen) atoms. The molecule has 0 fully saturated rings. The van der Waals surface area contributed by atoms with Crippen molar-refractivity contribution >= 4 is 15.7 Å². The quantitative estimate of drug-likeness (QED) is 0.684. The predicted octanol–water partition coefficient (Wildman–Crippen LogP) is -0.122. The summed E-state index contributed by atoms with van der Waals surface area (Å²) in [6, 6.07) is -0.341. The Balaban J connectivity index is 3.95. The van der Waals surface area contributed by atoms with Gasteiger partial charge in [-0.2, -0.15) is 0 Å². The van der Waals surface area contributed by atoms with E-state index >= 15 is 0 Å². The van der Waals surface area contributed by atoms with Crippen LogP contribution in [0.15, 0.2) is 0 Å². The van der Waals surface area contributed by atoms with Gasteiger partial charge in [-0.05, 0) is 13.3 Å². The van der Waals surface area contributed by atoms with Gasteiger partial charge in [-0.15, -0.1) is 0 Å². The van der Waals surface area contributed by atoms with Gasteiger partial charge in [0.25, 0.3) is 0 Å². The van der Waals surface area contributed by atoms with Crippen LogP contribution in [-0.2, 0) is 14.6 Å². The number of likely N-dealkylation sites (N-methyl/N-ethyl adjacent to an activating group) is 1. The maximum atomic E-state index is 11.4. The van der Waals surface area contributed by atoms with E-state index < -0.39 is 9.84 Å². The van der Waals surface area contributed by atoms with Crippen LogP contribution in [0.2, 0.25) is 0 Å². The molecule has 0 rings (SSSR count). The first-order chi connectivity index (χ1) is 7.30. The second-order valence-electron chi connectivity index (χ2n) is 4.06. The molecule has 0 spiro atoms. The molecule has 1 atom stereocenters. The van der Waals surface area contributed by atoms with Crippen LogP contribution in [0.25, 0.3) is 0 Å². The highest BCUT2D eigenvalue weighted by Crippen LogP contribution is 1.94. The SMILES string of the molecule is CCCS(=O)(=O)CCNC(C)C(=O)N(C)C. The van der Waals surface area contributed by atoms with Gasteiger partial charge < -0.3 is 10.2 Å². The Labute approximate surface area is 98.1 Å². The third-order valence-electron chi connectivity index (χ3n) is 2.19. The topological polar surface area (TPSA) is 66.5 Å². The van der Waals surface area contributed by atoms with Gasteiger partial charge in [-0.25, -0.2) is 8.42 Å². The number of hydrogen-bond acceptors (Lipinski definition) is 4. The van der Waals surface area contributed by atoms with Crippen LogP contribution in [-0.4, -0.2) is 57.4 Å². The zero-order chi connectivity index (χ0) is 12.8. The summed E-state index contributed by atoms with van der Waals surface area (Å²) in [5.41, 5.74) is 0. The minimum Gasteiger partial charge on any atom is -0.347 e. The molecule has 1 amide bonds. The van der Waals surface area contributed by atoms with Crippen molar-refractivity contribution in [2.75, 3.05) is 32.1 Å². The highest BCUT2D eigenvalue weighted by molar-refractivity contribution is 7.91. The van der Waals surface area contributed by atoms with Crippen molar-refractivity contribution in [1.82, 2.24) is 10.2 Å². The average molecular weight is 250 g/mol. The van der Waals surface area contributed by atoms with Crippen LogP contribution < -0.4 is 5.32 Å². The molecule has 0 aromatic rings. The van der Waals surface area contributed by atoms with E-state index in [-0.39, 0.29) is 23.5 Å². The van der Waals surface area contributed by atoms with Crippen LogP contribution in [0, 0.1) is 0 Å². The fraction of sp³-hybridized carbons (Fsp3) is 0.900. The molecule has 5 nitrogen and oxygen atoms in total. The van der Waals surface area contributed by atoms with Gasteiger partial charge in [0, 0.05) is 26.4 Å². The smallest absolute Gasteiger partial charge is 0.238 e. The molecule has 1 unspecified atom stereocenters. The first kappa shape index (κ1) is 15.4. The predicted molar refractivity (Wildman–Crippen MR) is 65.1 cm³/mol. The zero-order valence-electron chi connectivity index (χ0n) is 10.5. The number of rotatable bonds is 7. The average Bonchev–Trinajstić information content (AvgIpc) is 2.15. The van der Waals surface area contributed by atoms with Crippen LogP contribution in [0.5, 0.6) is 0 Å². The highest BCUT2D eigenvalue weighted by Gasteiger charge is 2.15. The molecule has 0 aliphatic heterocycles. The third kappa shape index (κ3) is 6.07. The van der Waals surface area contributed by atoms with Gasteiger partial charge in [0.2, 0.25) is 5.91 Å².